The van der Waals surface area contributed by atoms with Crippen molar-refractivity contribution in [2.75, 3.05) is 18.1 Å². The lowest BCUT2D eigenvalue weighted by Gasteiger charge is -2.24. The van der Waals surface area contributed by atoms with E-state index >= 15 is 0 Å². The Labute approximate surface area is 163 Å². The summed E-state index contributed by atoms with van der Waals surface area (Å²) in [4.78, 5) is 1.48. The first kappa shape index (κ1) is 19.5. The molecule has 2 heterocycles. The van der Waals surface area contributed by atoms with Crippen LogP contribution in [0.25, 0.3) is 11.5 Å². The van der Waals surface area contributed by atoms with Crippen LogP contribution in [0.3, 0.4) is 0 Å². The van der Waals surface area contributed by atoms with E-state index in [1.807, 2.05) is 12.1 Å². The molecular weight excluding hydrogens is 394 g/mol. The Balaban J connectivity index is 1.81. The molecule has 142 valence electrons. The molecule has 0 radical (unpaired) electrons. The molecule has 1 fully saturated rings. The average Bonchev–Trinajstić information content (AvgIpc) is 3.14. The summed E-state index contributed by atoms with van der Waals surface area (Å²) < 4.78 is 31.0. The van der Waals surface area contributed by atoms with Gasteiger partial charge in [0.2, 0.25) is 5.89 Å². The standard InChI is InChI=1S/C17H22ClN3O3S2/c1-2-3-8-20(15-7-9-26(22,23)11-15)12-21-17(25)24-16(19-21)13-5-4-6-14(18)10-13/h4-6,10,15H,2-3,7-9,11-12H2,1H3/p+1. The Morgan fingerprint density at radius 1 is 1.46 bits per heavy atom. The molecule has 1 aliphatic heterocycles. The quantitative estimate of drug-likeness (QED) is 0.701. The van der Waals surface area contributed by atoms with Crippen molar-refractivity contribution in [1.82, 2.24) is 9.78 Å². The molecule has 0 bridgehead atoms. The zero-order valence-electron chi connectivity index (χ0n) is 14.7. The minimum Gasteiger partial charge on any atom is -0.409 e. The Morgan fingerprint density at radius 3 is 2.92 bits per heavy atom. The van der Waals surface area contributed by atoms with Gasteiger partial charge in [-0.25, -0.2) is 8.42 Å². The normalized spacial score (nSPS) is 20.3. The molecular formula is C17H23ClN3O3S2+. The summed E-state index contributed by atoms with van der Waals surface area (Å²) in [6.45, 7) is 3.52. The van der Waals surface area contributed by atoms with Crippen molar-refractivity contribution in [1.29, 1.82) is 0 Å². The third-order valence-corrected chi connectivity index (χ3v) is 6.99. The fourth-order valence-electron chi connectivity index (χ4n) is 3.27. The van der Waals surface area contributed by atoms with Crippen molar-refractivity contribution in [3.05, 3.63) is 34.1 Å². The van der Waals surface area contributed by atoms with E-state index in [9.17, 15) is 8.42 Å². The van der Waals surface area contributed by atoms with Crippen LogP contribution >= 0.6 is 23.8 Å². The fourth-order valence-corrected chi connectivity index (χ4v) is 5.47. The van der Waals surface area contributed by atoms with E-state index < -0.39 is 9.84 Å². The van der Waals surface area contributed by atoms with Crippen molar-refractivity contribution >= 4 is 33.7 Å². The molecule has 1 aromatic carbocycles. The van der Waals surface area contributed by atoms with Gasteiger partial charge in [0.25, 0.3) is 4.84 Å². The Kier molecular flexibility index (Phi) is 6.17. The second kappa shape index (κ2) is 8.21. The van der Waals surface area contributed by atoms with Gasteiger partial charge in [0.15, 0.2) is 16.5 Å². The minimum atomic E-state index is -2.93. The number of hydrogen-bond donors (Lipinski definition) is 1. The topological polar surface area (TPSA) is 69.5 Å². The first-order valence-corrected chi connectivity index (χ1v) is 11.4. The monoisotopic (exact) mass is 416 g/mol. The number of rotatable bonds is 7. The lowest BCUT2D eigenvalue weighted by atomic mass is 10.2. The largest absolute Gasteiger partial charge is 0.409 e. The number of benzene rings is 1. The molecule has 1 aliphatic rings. The first-order valence-electron chi connectivity index (χ1n) is 8.77. The highest BCUT2D eigenvalue weighted by molar-refractivity contribution is 7.91. The number of quaternary nitrogens is 1. The average molecular weight is 417 g/mol. The van der Waals surface area contributed by atoms with Gasteiger partial charge in [0, 0.05) is 17.0 Å². The summed E-state index contributed by atoms with van der Waals surface area (Å²) in [5.41, 5.74) is 0.765. The van der Waals surface area contributed by atoms with Crippen molar-refractivity contribution in [3.8, 4) is 11.5 Å². The van der Waals surface area contributed by atoms with Crippen molar-refractivity contribution in [3.63, 3.8) is 0 Å². The van der Waals surface area contributed by atoms with E-state index in [1.165, 1.54) is 4.90 Å². The summed E-state index contributed by atoms with van der Waals surface area (Å²) in [6.07, 6.45) is 2.77. The molecule has 1 saturated heterocycles. The molecule has 2 atom stereocenters. The SMILES string of the molecule is CCCC[NH+](Cn1nc(-c2cccc(Cl)c2)oc1=S)C1CCS(=O)(=O)C1. The minimum absolute atomic E-state index is 0.0831. The highest BCUT2D eigenvalue weighted by Gasteiger charge is 2.35. The molecule has 3 rings (SSSR count). The van der Waals surface area contributed by atoms with Crippen LogP contribution in [0.4, 0.5) is 0 Å². The van der Waals surface area contributed by atoms with Crippen LogP contribution in [0.2, 0.25) is 5.02 Å². The summed E-state index contributed by atoms with van der Waals surface area (Å²) in [6, 6.07) is 7.34. The number of sulfone groups is 1. The maximum atomic E-state index is 11.9. The molecule has 1 aromatic heterocycles. The molecule has 0 spiro atoms. The lowest BCUT2D eigenvalue weighted by molar-refractivity contribution is -0.945. The van der Waals surface area contributed by atoms with E-state index in [-0.39, 0.29) is 22.4 Å². The number of halogens is 1. The summed E-state index contributed by atoms with van der Waals surface area (Å²) in [7, 11) is -2.93. The second-order valence-electron chi connectivity index (χ2n) is 6.70. The van der Waals surface area contributed by atoms with Crippen LogP contribution in [-0.4, -0.2) is 42.3 Å². The van der Waals surface area contributed by atoms with Crippen LogP contribution < -0.4 is 4.90 Å². The van der Waals surface area contributed by atoms with Gasteiger partial charge in [-0.2, -0.15) is 4.68 Å². The highest BCUT2D eigenvalue weighted by atomic mass is 35.5. The van der Waals surface area contributed by atoms with Gasteiger partial charge in [-0.15, -0.1) is 5.10 Å². The number of unbranched alkanes of at least 4 members (excludes halogenated alkanes) is 1. The Hall–Kier alpha value is -1.22. The highest BCUT2D eigenvalue weighted by Crippen LogP contribution is 2.21. The number of nitrogens with zero attached hydrogens (tertiary/aromatic N) is 2. The van der Waals surface area contributed by atoms with Gasteiger partial charge < -0.3 is 9.32 Å². The smallest absolute Gasteiger partial charge is 0.292 e. The van der Waals surface area contributed by atoms with Crippen LogP contribution in [0, 0.1) is 4.84 Å². The van der Waals surface area contributed by atoms with E-state index in [0.717, 1.165) is 24.9 Å². The van der Waals surface area contributed by atoms with E-state index in [4.69, 9.17) is 28.2 Å². The fraction of sp³-hybridized carbons (Fsp3) is 0.529. The predicted octanol–water partition coefficient (Wildman–Crippen LogP) is 2.36. The zero-order valence-corrected chi connectivity index (χ0v) is 17.0. The number of hydrogen-bond acceptors (Lipinski definition) is 5. The lowest BCUT2D eigenvalue weighted by Crippen LogP contribution is -3.15. The van der Waals surface area contributed by atoms with Gasteiger partial charge in [-0.05, 0) is 36.8 Å². The second-order valence-corrected chi connectivity index (χ2v) is 9.72. The van der Waals surface area contributed by atoms with E-state index in [2.05, 4.69) is 12.0 Å². The Bertz CT molecular complexity index is 923. The maximum Gasteiger partial charge on any atom is 0.292 e. The van der Waals surface area contributed by atoms with E-state index in [0.29, 0.717) is 24.0 Å². The van der Waals surface area contributed by atoms with Gasteiger partial charge in [-0.3, -0.25) is 0 Å². The number of aromatic nitrogens is 2. The van der Waals surface area contributed by atoms with E-state index in [1.54, 1.807) is 16.8 Å². The molecule has 26 heavy (non-hydrogen) atoms. The molecule has 2 aromatic rings. The van der Waals surface area contributed by atoms with Gasteiger partial charge in [0.1, 0.15) is 11.8 Å². The summed E-state index contributed by atoms with van der Waals surface area (Å²) in [5, 5.41) is 5.10. The third-order valence-electron chi connectivity index (χ3n) is 4.69. The molecule has 2 unspecified atom stereocenters. The van der Waals surface area contributed by atoms with Crippen LogP contribution in [0.15, 0.2) is 28.7 Å². The zero-order chi connectivity index (χ0) is 18.7. The first-order chi connectivity index (χ1) is 12.4. The van der Waals surface area contributed by atoms with Crippen molar-refractivity contribution in [2.24, 2.45) is 0 Å². The molecule has 0 aliphatic carbocycles. The van der Waals surface area contributed by atoms with Crippen LogP contribution in [-0.2, 0) is 16.5 Å². The molecule has 1 N–H and O–H groups in total. The van der Waals surface area contributed by atoms with Crippen molar-refractivity contribution < 1.29 is 17.7 Å². The Morgan fingerprint density at radius 2 is 2.27 bits per heavy atom. The summed E-state index contributed by atoms with van der Waals surface area (Å²) in [5.74, 6) is 0.926. The molecule has 9 heteroatoms. The molecule has 6 nitrogen and oxygen atoms in total. The van der Waals surface area contributed by atoms with Crippen LogP contribution in [0.1, 0.15) is 26.2 Å². The molecule has 0 saturated carbocycles. The van der Waals surface area contributed by atoms with Gasteiger partial charge in [0.05, 0.1) is 12.3 Å². The van der Waals surface area contributed by atoms with Gasteiger partial charge >= 0.3 is 0 Å². The predicted molar refractivity (Wildman–Crippen MR) is 104 cm³/mol. The van der Waals surface area contributed by atoms with Gasteiger partial charge in [-0.1, -0.05) is 31.0 Å². The maximum absolute atomic E-state index is 11.9. The van der Waals surface area contributed by atoms with Crippen molar-refractivity contribution in [2.45, 2.75) is 38.9 Å². The third kappa shape index (κ3) is 4.73. The van der Waals surface area contributed by atoms with Crippen LogP contribution in [0.5, 0.6) is 0 Å². The summed E-state index contributed by atoms with van der Waals surface area (Å²) >= 11 is 11.4. The number of nitrogens with one attached hydrogen (secondary N) is 1. The molecule has 0 amide bonds.